The van der Waals surface area contributed by atoms with Gasteiger partial charge in [-0.25, -0.2) is 0 Å². The molecule has 0 radical (unpaired) electrons. The molecule has 4 heterocycles. The number of fused-ring (bicyclic) bond motifs is 4. The molecule has 0 amide bonds. The van der Waals surface area contributed by atoms with Crippen LogP contribution >= 0.6 is 17.0 Å². The van der Waals surface area contributed by atoms with Gasteiger partial charge in [-0.2, -0.15) is 0 Å². The maximum atomic E-state index is 11.2. The van der Waals surface area contributed by atoms with Crippen LogP contribution in [0.15, 0.2) is 30.5 Å². The van der Waals surface area contributed by atoms with Crippen LogP contribution in [0.25, 0.3) is 10.9 Å². The van der Waals surface area contributed by atoms with E-state index in [0.717, 1.165) is 53.6 Å². The lowest BCUT2D eigenvalue weighted by Crippen LogP contribution is -2.55. The van der Waals surface area contributed by atoms with Gasteiger partial charge in [-0.15, -0.1) is 17.0 Å². The largest absolute Gasteiger partial charge is 0.497 e. The van der Waals surface area contributed by atoms with Crippen LogP contribution in [0.4, 0.5) is 0 Å². The second-order valence-electron chi connectivity index (χ2n) is 7.24. The number of halogens is 1. The lowest BCUT2D eigenvalue weighted by molar-refractivity contribution is -0.0562. The van der Waals surface area contributed by atoms with E-state index in [9.17, 15) is 5.11 Å². The Labute approximate surface area is 165 Å². The maximum absolute atomic E-state index is 11.2. The van der Waals surface area contributed by atoms with Crippen LogP contribution in [0.3, 0.4) is 0 Å². The van der Waals surface area contributed by atoms with Crippen molar-refractivity contribution >= 4 is 27.9 Å². The molecule has 5 nitrogen and oxygen atoms in total. The second kappa shape index (κ2) is 8.65. The van der Waals surface area contributed by atoms with Gasteiger partial charge in [0.15, 0.2) is 0 Å². The molecule has 0 saturated carbocycles. The van der Waals surface area contributed by atoms with Gasteiger partial charge >= 0.3 is 0 Å². The molecule has 3 aliphatic heterocycles. The average Bonchev–Trinajstić information content (AvgIpc) is 2.66. The standard InChI is InChI=1S/C20H26N2O2.BrH.H2O/c1-3-13-12-22-9-7-14(13)10-19(22)20(23)16-6-8-21-18-5-4-15(24-2)11-17(16)18;;/h4-6,8,11,13-14,19-20,23H,3,7,9-10,12H2,1-2H3;1H;1H2. The number of hydrogen-bond donors (Lipinski definition) is 1. The van der Waals surface area contributed by atoms with Crippen molar-refractivity contribution in [1.82, 2.24) is 9.88 Å². The highest BCUT2D eigenvalue weighted by Gasteiger charge is 2.42. The Morgan fingerprint density at radius 1 is 1.35 bits per heavy atom. The summed E-state index contributed by atoms with van der Waals surface area (Å²) in [6, 6.07) is 8.07. The lowest BCUT2D eigenvalue weighted by Gasteiger charge is -2.51. The van der Waals surface area contributed by atoms with Crippen LogP contribution in [-0.4, -0.2) is 46.7 Å². The molecule has 3 aliphatic rings. The Balaban J connectivity index is 0.00000121. The van der Waals surface area contributed by atoms with E-state index in [-0.39, 0.29) is 28.5 Å². The molecule has 5 unspecified atom stereocenters. The third kappa shape index (κ3) is 3.60. The summed E-state index contributed by atoms with van der Waals surface area (Å²) in [6.07, 6.45) is 4.97. The summed E-state index contributed by atoms with van der Waals surface area (Å²) in [6.45, 7) is 4.55. The Bertz CT molecular complexity index is 742. The van der Waals surface area contributed by atoms with Crippen molar-refractivity contribution in [2.75, 3.05) is 20.2 Å². The number of piperidine rings is 3. The topological polar surface area (TPSA) is 77.1 Å². The molecule has 1 aromatic carbocycles. The number of benzene rings is 1. The normalized spacial score (nSPS) is 28.1. The van der Waals surface area contributed by atoms with Gasteiger partial charge < -0.3 is 15.3 Å². The van der Waals surface area contributed by atoms with Crippen LogP contribution in [0.2, 0.25) is 0 Å². The zero-order valence-electron chi connectivity index (χ0n) is 15.4. The number of aliphatic hydroxyl groups excluding tert-OH is 1. The minimum Gasteiger partial charge on any atom is -0.497 e. The molecule has 5 rings (SSSR count). The van der Waals surface area contributed by atoms with Gasteiger partial charge in [0.2, 0.25) is 0 Å². The summed E-state index contributed by atoms with van der Waals surface area (Å²) in [5.41, 5.74) is 1.89. The maximum Gasteiger partial charge on any atom is 0.119 e. The van der Waals surface area contributed by atoms with Crippen LogP contribution in [0, 0.1) is 11.8 Å². The Morgan fingerprint density at radius 2 is 2.15 bits per heavy atom. The Hall–Kier alpha value is -1.21. The first kappa shape index (κ1) is 21.1. The quantitative estimate of drug-likeness (QED) is 0.817. The van der Waals surface area contributed by atoms with Crippen molar-refractivity contribution in [2.45, 2.75) is 38.3 Å². The second-order valence-corrected chi connectivity index (χ2v) is 7.24. The molecule has 5 atom stereocenters. The fourth-order valence-corrected chi connectivity index (χ4v) is 4.71. The van der Waals surface area contributed by atoms with Crippen molar-refractivity contribution in [1.29, 1.82) is 0 Å². The lowest BCUT2D eigenvalue weighted by atomic mass is 9.72. The van der Waals surface area contributed by atoms with E-state index in [2.05, 4.69) is 16.8 Å². The Kier molecular flexibility index (Phi) is 7.02. The fourth-order valence-electron chi connectivity index (χ4n) is 4.71. The summed E-state index contributed by atoms with van der Waals surface area (Å²) >= 11 is 0. The summed E-state index contributed by atoms with van der Waals surface area (Å²) in [5.74, 6) is 2.37. The summed E-state index contributed by atoms with van der Waals surface area (Å²) in [5, 5.41) is 12.2. The number of nitrogens with zero attached hydrogens (tertiary/aromatic N) is 2. The molecule has 1 aromatic heterocycles. The van der Waals surface area contributed by atoms with Crippen LogP contribution in [0.1, 0.15) is 37.9 Å². The van der Waals surface area contributed by atoms with Gasteiger partial charge in [0, 0.05) is 24.2 Å². The van der Waals surface area contributed by atoms with Gasteiger partial charge in [0.1, 0.15) is 5.75 Å². The third-order valence-corrected chi connectivity index (χ3v) is 6.13. The molecular weight excluding hydrogens is 396 g/mol. The first-order chi connectivity index (χ1) is 11.7. The zero-order valence-corrected chi connectivity index (χ0v) is 17.1. The van der Waals surface area contributed by atoms with E-state index in [1.807, 2.05) is 24.3 Å². The highest BCUT2D eigenvalue weighted by Crippen LogP contribution is 2.42. The van der Waals surface area contributed by atoms with Gasteiger partial charge in [0.25, 0.3) is 0 Å². The molecule has 6 heteroatoms. The minimum atomic E-state index is -0.469. The van der Waals surface area contributed by atoms with Crippen LogP contribution in [0.5, 0.6) is 5.75 Å². The number of methoxy groups -OCH3 is 1. The molecule has 0 aliphatic carbocycles. The molecule has 3 fully saturated rings. The first-order valence-corrected chi connectivity index (χ1v) is 9.06. The number of aromatic nitrogens is 1. The minimum absolute atomic E-state index is 0. The highest BCUT2D eigenvalue weighted by molar-refractivity contribution is 8.93. The van der Waals surface area contributed by atoms with Gasteiger partial charge in [-0.05, 0) is 61.1 Å². The number of aliphatic hydroxyl groups is 1. The van der Waals surface area contributed by atoms with Gasteiger partial charge in [-0.1, -0.05) is 13.3 Å². The Morgan fingerprint density at radius 3 is 2.81 bits per heavy atom. The molecule has 144 valence electrons. The summed E-state index contributed by atoms with van der Waals surface area (Å²) in [4.78, 5) is 6.94. The average molecular weight is 425 g/mol. The number of pyridine rings is 1. The monoisotopic (exact) mass is 424 g/mol. The SMILES string of the molecule is Br.CCC1CN2CCC1CC2C(O)c1ccnc2ccc(OC)cc12.O. The van der Waals surface area contributed by atoms with E-state index in [1.54, 1.807) is 13.3 Å². The molecule has 2 aromatic rings. The van der Waals surface area contributed by atoms with Gasteiger partial charge in [0.05, 0.1) is 18.7 Å². The fraction of sp³-hybridized carbons (Fsp3) is 0.550. The molecule has 3 saturated heterocycles. The van der Waals surface area contributed by atoms with Crippen molar-refractivity contribution in [3.8, 4) is 5.75 Å². The van der Waals surface area contributed by atoms with E-state index in [4.69, 9.17) is 4.74 Å². The van der Waals surface area contributed by atoms with E-state index >= 15 is 0 Å². The molecule has 26 heavy (non-hydrogen) atoms. The predicted octanol–water partition coefficient (Wildman–Crippen LogP) is 3.15. The van der Waals surface area contributed by atoms with Gasteiger partial charge in [-0.3, -0.25) is 9.88 Å². The molecular formula is C20H29BrN2O3. The van der Waals surface area contributed by atoms with Crippen molar-refractivity contribution in [3.63, 3.8) is 0 Å². The first-order valence-electron chi connectivity index (χ1n) is 9.06. The zero-order chi connectivity index (χ0) is 16.7. The van der Waals surface area contributed by atoms with Crippen molar-refractivity contribution < 1.29 is 15.3 Å². The third-order valence-electron chi connectivity index (χ3n) is 6.13. The number of ether oxygens (including phenoxy) is 1. The summed E-state index contributed by atoms with van der Waals surface area (Å²) in [7, 11) is 1.67. The van der Waals surface area contributed by atoms with Crippen LogP contribution < -0.4 is 4.74 Å². The smallest absolute Gasteiger partial charge is 0.119 e. The number of rotatable bonds is 4. The van der Waals surface area contributed by atoms with E-state index in [1.165, 1.54) is 12.8 Å². The van der Waals surface area contributed by atoms with E-state index in [0.29, 0.717) is 0 Å². The summed E-state index contributed by atoms with van der Waals surface area (Å²) < 4.78 is 5.36. The molecule has 3 N–H and O–H groups in total. The van der Waals surface area contributed by atoms with E-state index < -0.39 is 6.10 Å². The number of hydrogen-bond acceptors (Lipinski definition) is 4. The highest BCUT2D eigenvalue weighted by atomic mass is 79.9. The predicted molar refractivity (Wildman–Crippen MR) is 109 cm³/mol. The van der Waals surface area contributed by atoms with Crippen molar-refractivity contribution in [3.05, 3.63) is 36.0 Å². The molecule has 0 spiro atoms. The molecule has 2 bridgehead atoms. The van der Waals surface area contributed by atoms with Crippen LogP contribution in [-0.2, 0) is 0 Å². The van der Waals surface area contributed by atoms with Crippen molar-refractivity contribution in [2.24, 2.45) is 11.8 Å².